The number of rotatable bonds is 6. The van der Waals surface area contributed by atoms with Crippen LogP contribution >= 0.6 is 0 Å². The first-order valence-corrected chi connectivity index (χ1v) is 8.68. The summed E-state index contributed by atoms with van der Waals surface area (Å²) in [4.78, 5) is 35.7. The molecule has 0 aliphatic rings. The van der Waals surface area contributed by atoms with Gasteiger partial charge in [0.15, 0.2) is 5.78 Å². The van der Waals surface area contributed by atoms with Crippen molar-refractivity contribution >= 4 is 34.2 Å². The van der Waals surface area contributed by atoms with Crippen molar-refractivity contribution in [2.75, 3.05) is 5.32 Å². The maximum absolute atomic E-state index is 12.9. The number of nitrogens with zero attached hydrogens (tertiary/aromatic N) is 2. The van der Waals surface area contributed by atoms with Crippen LogP contribution in [0.15, 0.2) is 67.1 Å². The maximum Gasteiger partial charge on any atom is 0.221 e. The van der Waals surface area contributed by atoms with Crippen LogP contribution in [0.3, 0.4) is 0 Å². The zero-order valence-corrected chi connectivity index (χ0v) is 14.8. The first-order chi connectivity index (χ1) is 13.6. The number of hydrogen-bond acceptors (Lipinski definition) is 5. The van der Waals surface area contributed by atoms with Crippen LogP contribution in [0.25, 0.3) is 11.0 Å². The van der Waals surface area contributed by atoms with Gasteiger partial charge in [-0.15, -0.1) is 0 Å². The van der Waals surface area contributed by atoms with E-state index < -0.39 is 5.91 Å². The average molecular weight is 371 g/mol. The second-order valence-electron chi connectivity index (χ2n) is 6.31. The van der Waals surface area contributed by atoms with Crippen molar-refractivity contribution in [3.8, 4) is 0 Å². The van der Waals surface area contributed by atoms with Crippen LogP contribution in [-0.2, 0) is 11.2 Å². The number of hydrogen-bond donors (Lipinski definition) is 3. The van der Waals surface area contributed by atoms with E-state index in [4.69, 9.17) is 5.73 Å². The van der Waals surface area contributed by atoms with Crippen molar-refractivity contribution < 1.29 is 9.59 Å². The van der Waals surface area contributed by atoms with E-state index in [0.717, 1.165) is 11.3 Å². The Morgan fingerprint density at radius 3 is 2.64 bits per heavy atom. The molecule has 0 bridgehead atoms. The molecular formula is C21H17N5O2. The monoisotopic (exact) mass is 371 g/mol. The Kier molecular flexibility index (Phi) is 4.55. The van der Waals surface area contributed by atoms with Crippen molar-refractivity contribution in [2.45, 2.75) is 6.42 Å². The lowest BCUT2D eigenvalue weighted by Crippen LogP contribution is -2.13. The van der Waals surface area contributed by atoms with E-state index in [1.165, 1.54) is 6.33 Å². The summed E-state index contributed by atoms with van der Waals surface area (Å²) < 4.78 is 0. The highest BCUT2D eigenvalue weighted by molar-refractivity contribution is 6.18. The van der Waals surface area contributed by atoms with Gasteiger partial charge in [0.2, 0.25) is 5.91 Å². The van der Waals surface area contributed by atoms with Crippen LogP contribution in [0.5, 0.6) is 0 Å². The molecule has 0 radical (unpaired) electrons. The molecule has 0 fully saturated rings. The van der Waals surface area contributed by atoms with E-state index >= 15 is 0 Å². The number of carbonyl (C=O) groups is 2. The number of aromatic amines is 1. The maximum atomic E-state index is 12.9. The van der Waals surface area contributed by atoms with Crippen molar-refractivity contribution in [2.24, 2.45) is 5.73 Å². The largest absolute Gasteiger partial charge is 0.369 e. The minimum atomic E-state index is -0.400. The fourth-order valence-electron chi connectivity index (χ4n) is 3.08. The van der Waals surface area contributed by atoms with Gasteiger partial charge in [-0.1, -0.05) is 42.5 Å². The fourth-order valence-corrected chi connectivity index (χ4v) is 3.08. The Bertz CT molecular complexity index is 1170. The standard InChI is InChI=1S/C21H17N5O2/c22-17(27)10-13-5-4-8-15(9-13)26-21-18-16(11-23-20(18)24-12-25-21)19(28)14-6-2-1-3-7-14/h1-9,11-12H,10H2,(H2,22,27)(H2,23,24,25,26). The van der Waals surface area contributed by atoms with Gasteiger partial charge in [-0.25, -0.2) is 9.97 Å². The fraction of sp³-hybridized carbons (Fsp3) is 0.0476. The summed E-state index contributed by atoms with van der Waals surface area (Å²) in [7, 11) is 0. The highest BCUT2D eigenvalue weighted by atomic mass is 16.1. The van der Waals surface area contributed by atoms with Crippen LogP contribution < -0.4 is 11.1 Å². The second-order valence-corrected chi connectivity index (χ2v) is 6.31. The molecule has 0 unspecified atom stereocenters. The summed E-state index contributed by atoms with van der Waals surface area (Å²) in [6.45, 7) is 0. The number of amides is 1. The van der Waals surface area contributed by atoms with Crippen LogP contribution in [0.4, 0.5) is 11.5 Å². The van der Waals surface area contributed by atoms with Crippen molar-refractivity contribution in [1.82, 2.24) is 15.0 Å². The molecule has 0 atom stereocenters. The third-order valence-electron chi connectivity index (χ3n) is 4.32. The van der Waals surface area contributed by atoms with E-state index in [1.807, 2.05) is 42.5 Å². The number of carbonyl (C=O) groups excluding carboxylic acids is 2. The normalized spacial score (nSPS) is 10.7. The molecule has 0 spiro atoms. The lowest BCUT2D eigenvalue weighted by Gasteiger charge is -2.09. The molecule has 4 rings (SSSR count). The van der Waals surface area contributed by atoms with Gasteiger partial charge in [0.1, 0.15) is 17.8 Å². The molecule has 2 heterocycles. The Morgan fingerprint density at radius 1 is 1.04 bits per heavy atom. The molecule has 0 saturated heterocycles. The molecule has 138 valence electrons. The summed E-state index contributed by atoms with van der Waals surface area (Å²) in [6.07, 6.45) is 3.21. The lowest BCUT2D eigenvalue weighted by molar-refractivity contribution is -0.117. The molecule has 4 aromatic rings. The number of aromatic nitrogens is 3. The van der Waals surface area contributed by atoms with Crippen molar-refractivity contribution in [3.63, 3.8) is 0 Å². The number of ketones is 1. The summed E-state index contributed by atoms with van der Waals surface area (Å²) in [5, 5.41) is 3.83. The molecule has 0 aliphatic heterocycles. The third kappa shape index (κ3) is 3.45. The first-order valence-electron chi connectivity index (χ1n) is 8.68. The van der Waals surface area contributed by atoms with E-state index in [-0.39, 0.29) is 12.2 Å². The molecular weight excluding hydrogens is 354 g/mol. The number of nitrogens with two attached hydrogens (primary N) is 1. The van der Waals surface area contributed by atoms with Gasteiger partial charge in [-0.05, 0) is 17.7 Å². The van der Waals surface area contributed by atoms with Gasteiger partial charge < -0.3 is 16.0 Å². The smallest absolute Gasteiger partial charge is 0.221 e. The van der Waals surface area contributed by atoms with Crippen LogP contribution in [-0.4, -0.2) is 26.6 Å². The molecule has 2 aromatic heterocycles. The predicted octanol–water partition coefficient (Wildman–Crippen LogP) is 2.96. The summed E-state index contributed by atoms with van der Waals surface area (Å²) in [6, 6.07) is 16.4. The molecule has 28 heavy (non-hydrogen) atoms. The first kappa shape index (κ1) is 17.4. The molecule has 1 amide bonds. The molecule has 2 aromatic carbocycles. The summed E-state index contributed by atoms with van der Waals surface area (Å²) >= 11 is 0. The molecule has 7 nitrogen and oxygen atoms in total. The lowest BCUT2D eigenvalue weighted by atomic mass is 10.0. The number of anilines is 2. The van der Waals surface area contributed by atoms with Crippen LogP contribution in [0.1, 0.15) is 21.5 Å². The number of fused-ring (bicyclic) bond motifs is 1. The van der Waals surface area contributed by atoms with Gasteiger partial charge in [0, 0.05) is 17.4 Å². The molecule has 4 N–H and O–H groups in total. The SMILES string of the molecule is NC(=O)Cc1cccc(Nc2ncnc3[nH]cc(C(=O)c4ccccc4)c23)c1. The minimum Gasteiger partial charge on any atom is -0.369 e. The zero-order valence-electron chi connectivity index (χ0n) is 14.8. The van der Waals surface area contributed by atoms with Crippen LogP contribution in [0, 0.1) is 0 Å². The number of nitrogens with one attached hydrogen (secondary N) is 2. The van der Waals surface area contributed by atoms with E-state index in [1.54, 1.807) is 18.3 Å². The quantitative estimate of drug-likeness (QED) is 0.451. The van der Waals surface area contributed by atoms with Gasteiger partial charge in [-0.3, -0.25) is 9.59 Å². The molecule has 0 saturated carbocycles. The Labute approximate surface area is 160 Å². The summed E-state index contributed by atoms with van der Waals surface area (Å²) in [5.41, 5.74) is 8.43. The zero-order chi connectivity index (χ0) is 19.5. The van der Waals surface area contributed by atoms with Crippen LogP contribution in [0.2, 0.25) is 0 Å². The third-order valence-corrected chi connectivity index (χ3v) is 4.32. The number of benzene rings is 2. The van der Waals surface area contributed by atoms with E-state index in [2.05, 4.69) is 20.3 Å². The molecule has 0 aliphatic carbocycles. The number of primary amides is 1. The Balaban J connectivity index is 1.73. The van der Waals surface area contributed by atoms with E-state index in [0.29, 0.717) is 28.0 Å². The Morgan fingerprint density at radius 2 is 1.86 bits per heavy atom. The minimum absolute atomic E-state index is 0.118. The van der Waals surface area contributed by atoms with Gasteiger partial charge >= 0.3 is 0 Å². The Hall–Kier alpha value is -4.00. The summed E-state index contributed by atoms with van der Waals surface area (Å²) in [5.74, 6) is -0.0168. The van der Waals surface area contributed by atoms with Gasteiger partial charge in [0.25, 0.3) is 0 Å². The highest BCUT2D eigenvalue weighted by Gasteiger charge is 2.18. The van der Waals surface area contributed by atoms with E-state index in [9.17, 15) is 9.59 Å². The topological polar surface area (TPSA) is 114 Å². The van der Waals surface area contributed by atoms with Gasteiger partial charge in [0.05, 0.1) is 17.4 Å². The predicted molar refractivity (Wildman–Crippen MR) is 106 cm³/mol. The second kappa shape index (κ2) is 7.32. The number of H-pyrrole nitrogens is 1. The average Bonchev–Trinajstić information content (AvgIpc) is 3.13. The molecule has 7 heteroatoms. The van der Waals surface area contributed by atoms with Gasteiger partial charge in [-0.2, -0.15) is 0 Å². The van der Waals surface area contributed by atoms with Crippen molar-refractivity contribution in [1.29, 1.82) is 0 Å². The highest BCUT2D eigenvalue weighted by Crippen LogP contribution is 2.28. The van der Waals surface area contributed by atoms with Crippen molar-refractivity contribution in [3.05, 3.63) is 83.8 Å².